The second-order valence-corrected chi connectivity index (χ2v) is 4.28. The van der Waals surface area contributed by atoms with Gasteiger partial charge in [0.1, 0.15) is 5.75 Å². The molecule has 0 unspecified atom stereocenters. The first kappa shape index (κ1) is 14.8. The molecule has 4 N–H and O–H groups in total. The van der Waals surface area contributed by atoms with Gasteiger partial charge in [-0.05, 0) is 17.7 Å². The van der Waals surface area contributed by atoms with E-state index in [0.29, 0.717) is 36.7 Å². The molecule has 0 spiro atoms. The number of amidine groups is 1. The summed E-state index contributed by atoms with van der Waals surface area (Å²) in [6.07, 6.45) is 2.03. The molecule has 112 valence electrons. The Labute approximate surface area is 121 Å². The highest BCUT2D eigenvalue weighted by atomic mass is 16.5. The molecule has 0 aliphatic rings. The van der Waals surface area contributed by atoms with Crippen LogP contribution in [0.1, 0.15) is 17.0 Å². The number of nitrogens with one attached hydrogen (secondary N) is 1. The zero-order valence-corrected chi connectivity index (χ0v) is 11.6. The van der Waals surface area contributed by atoms with Crippen molar-refractivity contribution in [2.45, 2.75) is 13.0 Å². The maximum absolute atomic E-state index is 8.79. The molecule has 1 aromatic carbocycles. The summed E-state index contributed by atoms with van der Waals surface area (Å²) < 4.78 is 10.1. The van der Waals surface area contributed by atoms with E-state index in [2.05, 4.69) is 20.6 Å². The minimum absolute atomic E-state index is 0.0135. The van der Waals surface area contributed by atoms with Gasteiger partial charge in [-0.25, -0.2) is 0 Å². The van der Waals surface area contributed by atoms with Gasteiger partial charge in [-0.2, -0.15) is 4.98 Å². The molecular formula is C13H17N5O3. The minimum atomic E-state index is 0.0135. The first-order chi connectivity index (χ1) is 10.2. The van der Waals surface area contributed by atoms with Crippen LogP contribution in [-0.2, 0) is 13.0 Å². The van der Waals surface area contributed by atoms with Crippen LogP contribution < -0.4 is 15.8 Å². The predicted octanol–water partition coefficient (Wildman–Crippen LogP) is 0.505. The summed E-state index contributed by atoms with van der Waals surface area (Å²) in [7, 11) is 1.53. The summed E-state index contributed by atoms with van der Waals surface area (Å²) in [6.45, 7) is 1.33. The van der Waals surface area contributed by atoms with Gasteiger partial charge < -0.3 is 25.5 Å². The fourth-order valence-corrected chi connectivity index (χ4v) is 1.85. The van der Waals surface area contributed by atoms with Gasteiger partial charge in [0.15, 0.2) is 12.2 Å². The van der Waals surface area contributed by atoms with Crippen LogP contribution >= 0.6 is 0 Å². The van der Waals surface area contributed by atoms with E-state index in [1.165, 1.54) is 13.4 Å². The number of hydrogen-bond acceptors (Lipinski definition) is 7. The normalized spacial score (nSPS) is 11.6. The van der Waals surface area contributed by atoms with Crippen molar-refractivity contribution in [2.24, 2.45) is 10.9 Å². The molecule has 0 atom stereocenters. The summed E-state index contributed by atoms with van der Waals surface area (Å²) in [5.41, 5.74) is 7.17. The number of rotatable bonds is 7. The lowest BCUT2D eigenvalue weighted by molar-refractivity contribution is 0.318. The summed E-state index contributed by atoms with van der Waals surface area (Å²) in [5, 5.41) is 18.6. The highest BCUT2D eigenvalue weighted by Gasteiger charge is 2.09. The van der Waals surface area contributed by atoms with Gasteiger partial charge in [0.05, 0.1) is 12.7 Å². The van der Waals surface area contributed by atoms with Crippen LogP contribution in [0.15, 0.2) is 34.2 Å². The predicted molar refractivity (Wildman–Crippen MR) is 75.2 cm³/mol. The van der Waals surface area contributed by atoms with E-state index >= 15 is 0 Å². The first-order valence-electron chi connectivity index (χ1n) is 6.35. The number of nitrogens with two attached hydrogens (primary N) is 1. The maximum atomic E-state index is 8.79. The fraction of sp³-hybridized carbons (Fsp3) is 0.308. The van der Waals surface area contributed by atoms with Crippen LogP contribution in [0.3, 0.4) is 0 Å². The van der Waals surface area contributed by atoms with E-state index in [4.69, 9.17) is 20.2 Å². The van der Waals surface area contributed by atoms with Crippen LogP contribution in [0.25, 0.3) is 0 Å². The number of aromatic nitrogens is 2. The van der Waals surface area contributed by atoms with Crippen LogP contribution in [0.2, 0.25) is 0 Å². The third-order valence-corrected chi connectivity index (χ3v) is 2.90. The van der Waals surface area contributed by atoms with Gasteiger partial charge in [0.25, 0.3) is 0 Å². The second kappa shape index (κ2) is 7.25. The summed E-state index contributed by atoms with van der Waals surface area (Å²) in [4.78, 5) is 3.94. The van der Waals surface area contributed by atoms with Gasteiger partial charge in [-0.15, -0.1) is 0 Å². The van der Waals surface area contributed by atoms with Gasteiger partial charge in [-0.3, -0.25) is 0 Å². The van der Waals surface area contributed by atoms with Crippen molar-refractivity contribution in [3.63, 3.8) is 0 Å². The Balaban J connectivity index is 1.94. The molecule has 2 aromatic rings. The van der Waals surface area contributed by atoms with Crippen LogP contribution in [0, 0.1) is 0 Å². The van der Waals surface area contributed by atoms with Crippen molar-refractivity contribution in [2.75, 3.05) is 13.7 Å². The molecule has 0 aliphatic heterocycles. The topological polar surface area (TPSA) is 119 Å². The largest absolute Gasteiger partial charge is 0.496 e. The van der Waals surface area contributed by atoms with E-state index < -0.39 is 0 Å². The summed E-state index contributed by atoms with van der Waals surface area (Å²) in [6, 6.07) is 5.50. The van der Waals surface area contributed by atoms with Gasteiger partial charge in [-0.1, -0.05) is 16.4 Å². The van der Waals surface area contributed by atoms with Gasteiger partial charge in [0, 0.05) is 19.5 Å². The molecular weight excluding hydrogens is 274 g/mol. The SMILES string of the molecule is COc1ccc(CNCCc2ncno2)cc1/C(N)=N/O. The molecule has 0 amide bonds. The lowest BCUT2D eigenvalue weighted by atomic mass is 10.1. The summed E-state index contributed by atoms with van der Waals surface area (Å²) in [5.74, 6) is 1.16. The van der Waals surface area contributed by atoms with Crippen molar-refractivity contribution in [1.82, 2.24) is 15.5 Å². The number of hydrogen-bond donors (Lipinski definition) is 3. The Kier molecular flexibility index (Phi) is 5.10. The van der Waals surface area contributed by atoms with Gasteiger partial charge in [0.2, 0.25) is 5.89 Å². The van der Waals surface area contributed by atoms with E-state index in [0.717, 1.165) is 5.56 Å². The molecule has 0 fully saturated rings. The molecule has 0 saturated carbocycles. The first-order valence-corrected chi connectivity index (χ1v) is 6.35. The average Bonchev–Trinajstić information content (AvgIpc) is 3.04. The van der Waals surface area contributed by atoms with E-state index in [-0.39, 0.29) is 5.84 Å². The van der Waals surface area contributed by atoms with Crippen molar-refractivity contribution in [1.29, 1.82) is 0 Å². The number of benzene rings is 1. The molecule has 0 aliphatic carbocycles. The molecule has 8 nitrogen and oxygen atoms in total. The molecule has 21 heavy (non-hydrogen) atoms. The lowest BCUT2D eigenvalue weighted by Crippen LogP contribution is -2.18. The molecule has 2 rings (SSSR count). The zero-order chi connectivity index (χ0) is 15.1. The number of ether oxygens (including phenoxy) is 1. The molecule has 0 bridgehead atoms. The van der Waals surface area contributed by atoms with Crippen LogP contribution in [0.5, 0.6) is 5.75 Å². The van der Waals surface area contributed by atoms with Crippen LogP contribution in [-0.4, -0.2) is 34.8 Å². The average molecular weight is 291 g/mol. The molecule has 0 radical (unpaired) electrons. The second-order valence-electron chi connectivity index (χ2n) is 4.28. The lowest BCUT2D eigenvalue weighted by Gasteiger charge is -2.10. The molecule has 1 heterocycles. The molecule has 1 aromatic heterocycles. The minimum Gasteiger partial charge on any atom is -0.496 e. The Hall–Kier alpha value is -2.61. The highest BCUT2D eigenvalue weighted by molar-refractivity contribution is 5.99. The van der Waals surface area contributed by atoms with Crippen molar-refractivity contribution < 1.29 is 14.5 Å². The number of oxime groups is 1. The fourth-order valence-electron chi connectivity index (χ4n) is 1.85. The third-order valence-electron chi connectivity index (χ3n) is 2.90. The summed E-state index contributed by atoms with van der Waals surface area (Å²) >= 11 is 0. The standard InChI is InChI=1S/C13H17N5O3/c1-20-11-3-2-9(6-10(11)13(14)18-19)7-15-5-4-12-16-8-17-21-12/h2-3,6,8,15,19H,4-5,7H2,1H3,(H2,14,18). The van der Waals surface area contributed by atoms with Crippen molar-refractivity contribution in [3.05, 3.63) is 41.5 Å². The highest BCUT2D eigenvalue weighted by Crippen LogP contribution is 2.19. The smallest absolute Gasteiger partial charge is 0.227 e. The van der Waals surface area contributed by atoms with Crippen molar-refractivity contribution >= 4 is 5.84 Å². The van der Waals surface area contributed by atoms with Crippen LogP contribution in [0.4, 0.5) is 0 Å². The maximum Gasteiger partial charge on any atom is 0.227 e. The van der Waals surface area contributed by atoms with E-state index in [1.807, 2.05) is 12.1 Å². The monoisotopic (exact) mass is 291 g/mol. The molecule has 8 heteroatoms. The quantitative estimate of drug-likeness (QED) is 0.223. The Morgan fingerprint density at radius 2 is 2.38 bits per heavy atom. The van der Waals surface area contributed by atoms with Crippen molar-refractivity contribution in [3.8, 4) is 5.75 Å². The Bertz CT molecular complexity index is 598. The molecule has 0 saturated heterocycles. The van der Waals surface area contributed by atoms with E-state index in [1.54, 1.807) is 6.07 Å². The third kappa shape index (κ3) is 3.93. The Morgan fingerprint density at radius 1 is 1.52 bits per heavy atom. The number of nitrogens with zero attached hydrogens (tertiary/aromatic N) is 3. The Morgan fingerprint density at radius 3 is 3.05 bits per heavy atom. The zero-order valence-electron chi connectivity index (χ0n) is 11.6. The number of methoxy groups -OCH3 is 1. The van der Waals surface area contributed by atoms with Gasteiger partial charge >= 0.3 is 0 Å². The van der Waals surface area contributed by atoms with E-state index in [9.17, 15) is 0 Å².